The first-order valence-corrected chi connectivity index (χ1v) is 8.49. The zero-order valence-electron chi connectivity index (χ0n) is 12.5. The molecule has 1 saturated heterocycles. The van der Waals surface area contributed by atoms with Crippen LogP contribution in [0.15, 0.2) is 0 Å². The molecule has 3 heteroatoms. The summed E-state index contributed by atoms with van der Waals surface area (Å²) in [6.07, 6.45) is 7.86. The second-order valence-corrected chi connectivity index (χ2v) is 7.83. The van der Waals surface area contributed by atoms with Gasteiger partial charge in [-0.1, -0.05) is 0 Å². The van der Waals surface area contributed by atoms with Crippen LogP contribution in [0.4, 0.5) is 0 Å². The van der Waals surface area contributed by atoms with Crippen LogP contribution in [0, 0.1) is 30.1 Å². The Hall–Kier alpha value is -0.570. The van der Waals surface area contributed by atoms with Crippen LogP contribution < -0.4 is 0 Å². The lowest BCUT2D eigenvalue weighted by Gasteiger charge is -2.57. The van der Waals surface area contributed by atoms with Gasteiger partial charge in [-0.3, -0.25) is 9.69 Å². The van der Waals surface area contributed by atoms with Gasteiger partial charge in [0, 0.05) is 26.2 Å². The summed E-state index contributed by atoms with van der Waals surface area (Å²) in [6, 6.07) is 0. The molecule has 0 atom stereocenters. The number of amides is 1. The van der Waals surface area contributed by atoms with Crippen molar-refractivity contribution in [1.82, 2.24) is 9.80 Å². The molecule has 0 aromatic rings. The summed E-state index contributed by atoms with van der Waals surface area (Å²) < 4.78 is 0. The standard InChI is InChI=1S/C17H27N2O/c1-2-18-3-5-19(6-4-18)16(20)17-10-13-7-14(11-17)9-15(8-13)12-17/h13-15H,1-12H2. The Morgan fingerprint density at radius 1 is 0.950 bits per heavy atom. The molecule has 0 N–H and O–H groups in total. The van der Waals surface area contributed by atoms with E-state index >= 15 is 0 Å². The molecule has 5 fully saturated rings. The molecule has 1 radical (unpaired) electrons. The normalized spacial score (nSPS) is 44.0. The first-order chi connectivity index (χ1) is 9.68. The van der Waals surface area contributed by atoms with Gasteiger partial charge in [0.15, 0.2) is 0 Å². The number of hydrogen-bond donors (Lipinski definition) is 0. The van der Waals surface area contributed by atoms with Gasteiger partial charge in [-0.2, -0.15) is 0 Å². The second kappa shape index (κ2) is 4.72. The average molecular weight is 275 g/mol. The highest BCUT2D eigenvalue weighted by Crippen LogP contribution is 2.60. The molecule has 111 valence electrons. The molecule has 20 heavy (non-hydrogen) atoms. The third-order valence-corrected chi connectivity index (χ3v) is 6.47. The highest BCUT2D eigenvalue weighted by Gasteiger charge is 2.55. The molecule has 3 nitrogen and oxygen atoms in total. The number of carbonyl (C=O) groups is 1. The minimum Gasteiger partial charge on any atom is -0.340 e. The van der Waals surface area contributed by atoms with Crippen LogP contribution in [0.25, 0.3) is 0 Å². The van der Waals surface area contributed by atoms with Gasteiger partial charge >= 0.3 is 0 Å². The van der Waals surface area contributed by atoms with Gasteiger partial charge in [0.05, 0.1) is 5.41 Å². The number of rotatable bonds is 2. The average Bonchev–Trinajstić information content (AvgIpc) is 2.45. The molecule has 4 aliphatic carbocycles. The molecule has 5 aliphatic rings. The maximum atomic E-state index is 13.1. The van der Waals surface area contributed by atoms with Crippen molar-refractivity contribution in [2.75, 3.05) is 32.7 Å². The molecule has 1 amide bonds. The predicted octanol–water partition coefficient (Wildman–Crippen LogP) is 2.18. The molecule has 5 rings (SSSR count). The van der Waals surface area contributed by atoms with Crippen molar-refractivity contribution < 1.29 is 4.79 Å². The minimum absolute atomic E-state index is 0.0569. The monoisotopic (exact) mass is 275 g/mol. The largest absolute Gasteiger partial charge is 0.340 e. The number of piperazine rings is 1. The zero-order valence-corrected chi connectivity index (χ0v) is 12.5. The van der Waals surface area contributed by atoms with Gasteiger partial charge in [-0.25, -0.2) is 0 Å². The lowest BCUT2D eigenvalue weighted by atomic mass is 9.49. The van der Waals surface area contributed by atoms with E-state index in [2.05, 4.69) is 16.7 Å². The molecule has 0 unspecified atom stereocenters. The highest BCUT2D eigenvalue weighted by atomic mass is 16.2. The predicted molar refractivity (Wildman–Crippen MR) is 79.0 cm³/mol. The first kappa shape index (κ1) is 13.1. The van der Waals surface area contributed by atoms with E-state index in [0.29, 0.717) is 5.91 Å². The lowest BCUT2D eigenvalue weighted by molar-refractivity contribution is -0.159. The fraction of sp³-hybridized carbons (Fsp3) is 0.882. The minimum atomic E-state index is 0.0569. The first-order valence-electron chi connectivity index (χ1n) is 8.49. The summed E-state index contributed by atoms with van der Waals surface area (Å²) in [5, 5.41) is 0. The van der Waals surface area contributed by atoms with Gasteiger partial charge in [-0.15, -0.1) is 0 Å². The van der Waals surface area contributed by atoms with Crippen LogP contribution in [0.1, 0.15) is 38.5 Å². The lowest BCUT2D eigenvalue weighted by Crippen LogP contribution is -2.58. The van der Waals surface area contributed by atoms with E-state index in [1.54, 1.807) is 0 Å². The van der Waals surface area contributed by atoms with Gasteiger partial charge in [0.2, 0.25) is 5.91 Å². The summed E-state index contributed by atoms with van der Waals surface area (Å²) in [4.78, 5) is 17.7. The zero-order chi connectivity index (χ0) is 13.7. The summed E-state index contributed by atoms with van der Waals surface area (Å²) in [5.41, 5.74) is 0.0569. The van der Waals surface area contributed by atoms with Crippen molar-refractivity contribution in [1.29, 1.82) is 0 Å². The van der Waals surface area contributed by atoms with Gasteiger partial charge < -0.3 is 4.90 Å². The van der Waals surface area contributed by atoms with Crippen molar-refractivity contribution in [2.45, 2.75) is 38.5 Å². The van der Waals surface area contributed by atoms with Crippen LogP contribution in [0.5, 0.6) is 0 Å². The number of nitrogens with zero attached hydrogens (tertiary/aromatic N) is 2. The molecule has 0 aromatic heterocycles. The molecule has 0 aromatic carbocycles. The Bertz CT molecular complexity index is 363. The van der Waals surface area contributed by atoms with E-state index in [1.807, 2.05) is 0 Å². The Balaban J connectivity index is 1.48. The Labute approximate surface area is 122 Å². The van der Waals surface area contributed by atoms with Crippen molar-refractivity contribution >= 4 is 5.91 Å². The maximum absolute atomic E-state index is 13.1. The second-order valence-electron chi connectivity index (χ2n) is 7.83. The van der Waals surface area contributed by atoms with Crippen molar-refractivity contribution in [3.63, 3.8) is 0 Å². The SMILES string of the molecule is [CH2]CN1CCN(C(=O)C23CC4CC(CC(C4)C2)C3)CC1. The fourth-order valence-electron chi connectivity index (χ4n) is 5.88. The molecule has 0 spiro atoms. The third kappa shape index (κ3) is 2.01. The third-order valence-electron chi connectivity index (χ3n) is 6.47. The van der Waals surface area contributed by atoms with Gasteiger partial charge in [0.1, 0.15) is 0 Å². The van der Waals surface area contributed by atoms with E-state index in [1.165, 1.54) is 38.5 Å². The van der Waals surface area contributed by atoms with Gasteiger partial charge in [-0.05, 0) is 69.7 Å². The fourth-order valence-corrected chi connectivity index (χ4v) is 5.88. The molecular formula is C17H27N2O. The van der Waals surface area contributed by atoms with Crippen molar-refractivity contribution in [3.05, 3.63) is 6.92 Å². The summed E-state index contributed by atoms with van der Waals surface area (Å²) in [6.45, 7) is 8.71. The van der Waals surface area contributed by atoms with Gasteiger partial charge in [0.25, 0.3) is 0 Å². The maximum Gasteiger partial charge on any atom is 0.228 e. The van der Waals surface area contributed by atoms with Crippen LogP contribution >= 0.6 is 0 Å². The van der Waals surface area contributed by atoms with Crippen molar-refractivity contribution in [3.8, 4) is 0 Å². The summed E-state index contributed by atoms with van der Waals surface area (Å²) in [5.74, 6) is 3.12. The summed E-state index contributed by atoms with van der Waals surface area (Å²) >= 11 is 0. The topological polar surface area (TPSA) is 23.6 Å². The van der Waals surface area contributed by atoms with E-state index in [4.69, 9.17) is 0 Å². The molecule has 4 bridgehead atoms. The molecule has 1 aliphatic heterocycles. The van der Waals surface area contributed by atoms with Crippen LogP contribution in [-0.2, 0) is 4.79 Å². The Morgan fingerprint density at radius 3 is 1.90 bits per heavy atom. The number of carbonyl (C=O) groups excluding carboxylic acids is 1. The molecular weight excluding hydrogens is 248 g/mol. The van der Waals surface area contributed by atoms with E-state index in [-0.39, 0.29) is 5.41 Å². The smallest absolute Gasteiger partial charge is 0.228 e. The Kier molecular flexibility index (Phi) is 3.10. The van der Waals surface area contributed by atoms with Crippen molar-refractivity contribution in [2.24, 2.45) is 23.2 Å². The van der Waals surface area contributed by atoms with E-state index in [9.17, 15) is 4.79 Å². The van der Waals surface area contributed by atoms with E-state index < -0.39 is 0 Å². The van der Waals surface area contributed by atoms with E-state index in [0.717, 1.165) is 50.5 Å². The van der Waals surface area contributed by atoms with Crippen LogP contribution in [-0.4, -0.2) is 48.4 Å². The molecule has 4 saturated carbocycles. The van der Waals surface area contributed by atoms with Crippen LogP contribution in [0.2, 0.25) is 0 Å². The molecule has 1 heterocycles. The van der Waals surface area contributed by atoms with Crippen LogP contribution in [0.3, 0.4) is 0 Å². The quantitative estimate of drug-likeness (QED) is 0.771. The number of hydrogen-bond acceptors (Lipinski definition) is 2. The summed E-state index contributed by atoms with van der Waals surface area (Å²) in [7, 11) is 0. The Morgan fingerprint density at radius 2 is 1.45 bits per heavy atom. The highest BCUT2D eigenvalue weighted by molar-refractivity contribution is 5.83.